The van der Waals surface area contributed by atoms with Crippen molar-refractivity contribution in [2.24, 2.45) is 0 Å². The van der Waals surface area contributed by atoms with Gasteiger partial charge in [0.15, 0.2) is 28.8 Å². The number of methoxy groups -OCH3 is 6. The van der Waals surface area contributed by atoms with Gasteiger partial charge in [-0.2, -0.15) is 10.1 Å². The van der Waals surface area contributed by atoms with Crippen molar-refractivity contribution in [1.82, 2.24) is 14.8 Å². The predicted octanol–water partition coefficient (Wildman–Crippen LogP) is 3.75. The number of benzene rings is 2. The van der Waals surface area contributed by atoms with Gasteiger partial charge in [0.25, 0.3) is 0 Å². The fraction of sp³-hybridized carbons (Fsp3) is 0.370. The molecule has 2 aliphatic rings. The molecule has 2 aromatic carbocycles. The first kappa shape index (κ1) is 25.2. The quantitative estimate of drug-likeness (QED) is 0.469. The number of anilines is 1. The number of nitrogens with one attached hydrogen (secondary N) is 1. The highest BCUT2D eigenvalue weighted by molar-refractivity contribution is 6.00. The van der Waals surface area contributed by atoms with Crippen LogP contribution in [-0.2, 0) is 4.79 Å². The fourth-order valence-corrected chi connectivity index (χ4v) is 5.29. The Morgan fingerprint density at radius 3 is 1.79 bits per heavy atom. The van der Waals surface area contributed by atoms with Crippen LogP contribution in [-0.4, -0.2) is 63.2 Å². The van der Waals surface area contributed by atoms with Crippen molar-refractivity contribution in [2.45, 2.75) is 24.8 Å². The summed E-state index contributed by atoms with van der Waals surface area (Å²) in [7, 11) is 9.38. The number of hydrogen-bond acceptors (Lipinski definition) is 10. The van der Waals surface area contributed by atoms with E-state index in [2.05, 4.69) is 15.4 Å². The third-order valence-electron chi connectivity index (χ3n) is 7.02. The van der Waals surface area contributed by atoms with Gasteiger partial charge in [-0.25, -0.2) is 4.68 Å². The van der Waals surface area contributed by atoms with Gasteiger partial charge >= 0.3 is 0 Å². The van der Waals surface area contributed by atoms with Gasteiger partial charge in [0.2, 0.25) is 17.4 Å². The topological polar surface area (TPSA) is 115 Å². The number of Topliss-reactive ketones (excluding diaryl/α,β-unsaturated/α-hetero) is 1. The zero-order chi connectivity index (χ0) is 27.0. The third kappa shape index (κ3) is 4.04. The fourth-order valence-electron chi connectivity index (χ4n) is 5.29. The maximum Gasteiger partial charge on any atom is 0.226 e. The summed E-state index contributed by atoms with van der Waals surface area (Å²) >= 11 is 0. The van der Waals surface area contributed by atoms with Crippen LogP contribution in [0, 0.1) is 0 Å². The SMILES string of the molecule is COc1cc([C@H]2CC(=O)C3=C(C2)Nc2ncnn2[C@@H]3c2cc(OC)c(OC)c(OC)c2)cc(OC)c1OC. The van der Waals surface area contributed by atoms with E-state index in [1.54, 1.807) is 47.3 Å². The van der Waals surface area contributed by atoms with Crippen LogP contribution in [0.25, 0.3) is 0 Å². The molecular weight excluding hydrogens is 492 g/mol. The Labute approximate surface area is 220 Å². The van der Waals surface area contributed by atoms with Gasteiger partial charge in [0.1, 0.15) is 12.4 Å². The molecule has 1 N–H and O–H groups in total. The molecule has 0 saturated heterocycles. The Kier molecular flexibility index (Phi) is 6.75. The van der Waals surface area contributed by atoms with Crippen molar-refractivity contribution in [1.29, 1.82) is 0 Å². The van der Waals surface area contributed by atoms with E-state index in [9.17, 15) is 4.79 Å². The van der Waals surface area contributed by atoms with Crippen LogP contribution in [0.4, 0.5) is 5.95 Å². The minimum Gasteiger partial charge on any atom is -0.493 e. The van der Waals surface area contributed by atoms with Crippen LogP contribution in [0.3, 0.4) is 0 Å². The van der Waals surface area contributed by atoms with Crippen molar-refractivity contribution in [3.05, 3.63) is 53.0 Å². The van der Waals surface area contributed by atoms with E-state index in [-0.39, 0.29) is 11.7 Å². The number of ether oxygens (including phenoxy) is 6. The van der Waals surface area contributed by atoms with Gasteiger partial charge in [-0.3, -0.25) is 4.79 Å². The molecule has 200 valence electrons. The predicted molar refractivity (Wildman–Crippen MR) is 138 cm³/mol. The smallest absolute Gasteiger partial charge is 0.226 e. The number of fused-ring (bicyclic) bond motifs is 1. The molecule has 0 amide bonds. The molecule has 0 radical (unpaired) electrons. The lowest BCUT2D eigenvalue weighted by Gasteiger charge is -2.35. The Morgan fingerprint density at radius 2 is 1.29 bits per heavy atom. The molecule has 0 fully saturated rings. The van der Waals surface area contributed by atoms with Crippen LogP contribution >= 0.6 is 0 Å². The summed E-state index contributed by atoms with van der Waals surface area (Å²) in [4.78, 5) is 18.3. The molecule has 1 aliphatic heterocycles. The highest BCUT2D eigenvalue weighted by Crippen LogP contribution is 2.49. The second kappa shape index (κ2) is 10.2. The summed E-state index contributed by atoms with van der Waals surface area (Å²) in [6.45, 7) is 0. The summed E-state index contributed by atoms with van der Waals surface area (Å²) in [5.41, 5.74) is 3.10. The Bertz CT molecular complexity index is 1360. The first-order chi connectivity index (χ1) is 18.5. The maximum absolute atomic E-state index is 13.9. The number of rotatable bonds is 8. The van der Waals surface area contributed by atoms with Gasteiger partial charge in [0.05, 0.1) is 42.7 Å². The highest BCUT2D eigenvalue weighted by atomic mass is 16.5. The minimum atomic E-state index is -0.522. The van der Waals surface area contributed by atoms with E-state index in [0.717, 1.165) is 16.8 Å². The van der Waals surface area contributed by atoms with Crippen molar-refractivity contribution < 1.29 is 33.2 Å². The van der Waals surface area contributed by atoms with Gasteiger partial charge in [0, 0.05) is 17.7 Å². The largest absolute Gasteiger partial charge is 0.493 e. The second-order valence-corrected chi connectivity index (χ2v) is 8.89. The van der Waals surface area contributed by atoms with Crippen molar-refractivity contribution in [3.8, 4) is 34.5 Å². The summed E-state index contributed by atoms with van der Waals surface area (Å²) in [5.74, 6) is 3.47. The number of allylic oxidation sites excluding steroid dienone is 2. The molecule has 2 heterocycles. The molecule has 5 rings (SSSR count). The van der Waals surface area contributed by atoms with Crippen LogP contribution in [0.5, 0.6) is 34.5 Å². The van der Waals surface area contributed by atoms with Gasteiger partial charge in [-0.05, 0) is 47.7 Å². The molecule has 11 heteroatoms. The molecular formula is C27H30N4O7. The summed E-state index contributed by atoms with van der Waals surface area (Å²) in [6, 6.07) is 6.95. The molecule has 0 bridgehead atoms. The molecule has 1 aromatic heterocycles. The van der Waals surface area contributed by atoms with Crippen molar-refractivity contribution in [3.63, 3.8) is 0 Å². The number of carbonyl (C=O) groups excluding carboxylic acids is 1. The van der Waals surface area contributed by atoms with Crippen LogP contribution in [0.15, 0.2) is 41.9 Å². The number of carbonyl (C=O) groups is 1. The van der Waals surface area contributed by atoms with E-state index in [0.29, 0.717) is 58.9 Å². The van der Waals surface area contributed by atoms with Crippen LogP contribution in [0.1, 0.15) is 35.9 Å². The minimum absolute atomic E-state index is 0.00240. The molecule has 0 spiro atoms. The lowest BCUT2D eigenvalue weighted by Crippen LogP contribution is -2.33. The lowest BCUT2D eigenvalue weighted by molar-refractivity contribution is -0.116. The molecule has 0 saturated carbocycles. The van der Waals surface area contributed by atoms with E-state index >= 15 is 0 Å². The van der Waals surface area contributed by atoms with E-state index in [1.807, 2.05) is 24.3 Å². The van der Waals surface area contributed by atoms with Crippen molar-refractivity contribution >= 4 is 11.7 Å². The first-order valence-corrected chi connectivity index (χ1v) is 12.0. The second-order valence-electron chi connectivity index (χ2n) is 8.89. The number of ketones is 1. The maximum atomic E-state index is 13.9. The Hall–Kier alpha value is -4.41. The first-order valence-electron chi connectivity index (χ1n) is 12.0. The van der Waals surface area contributed by atoms with Crippen LogP contribution < -0.4 is 33.7 Å². The third-order valence-corrected chi connectivity index (χ3v) is 7.02. The molecule has 3 aromatic rings. The van der Waals surface area contributed by atoms with Gasteiger partial charge < -0.3 is 33.7 Å². The number of hydrogen-bond donors (Lipinski definition) is 1. The normalized spacial score (nSPS) is 18.2. The summed E-state index contributed by atoms with van der Waals surface area (Å²) in [6.07, 6.45) is 2.34. The van der Waals surface area contributed by atoms with Crippen LogP contribution in [0.2, 0.25) is 0 Å². The molecule has 1 aliphatic carbocycles. The zero-order valence-corrected chi connectivity index (χ0v) is 22.2. The molecule has 2 atom stereocenters. The van der Waals surface area contributed by atoms with Crippen molar-refractivity contribution in [2.75, 3.05) is 48.0 Å². The lowest BCUT2D eigenvalue weighted by atomic mass is 9.77. The van der Waals surface area contributed by atoms with Gasteiger partial charge in [-0.15, -0.1) is 0 Å². The average Bonchev–Trinajstić information content (AvgIpc) is 3.42. The zero-order valence-electron chi connectivity index (χ0n) is 22.2. The molecule has 11 nitrogen and oxygen atoms in total. The summed E-state index contributed by atoms with van der Waals surface area (Å²) < 4.78 is 34.9. The van der Waals surface area contributed by atoms with E-state index in [1.165, 1.54) is 6.33 Å². The number of nitrogens with zero attached hydrogens (tertiary/aromatic N) is 3. The number of aromatic nitrogens is 3. The van der Waals surface area contributed by atoms with E-state index in [4.69, 9.17) is 28.4 Å². The molecule has 0 unspecified atom stereocenters. The van der Waals surface area contributed by atoms with E-state index < -0.39 is 6.04 Å². The average molecular weight is 523 g/mol. The Morgan fingerprint density at radius 1 is 0.763 bits per heavy atom. The molecule has 38 heavy (non-hydrogen) atoms. The highest BCUT2D eigenvalue weighted by Gasteiger charge is 2.40. The monoisotopic (exact) mass is 522 g/mol. The standard InChI is InChI=1S/C27H30N4O7/c1-33-19-9-15(10-20(34-2)25(19)37-5)14-7-17-23(18(32)8-14)24(31-27(30-17)28-13-29-31)16-11-21(35-3)26(38-6)22(12-16)36-4/h9-14,24H,7-8H2,1-6H3,(H,28,29,30)/t14-,24-/m1/s1. The Balaban J connectivity index is 1.61. The summed E-state index contributed by atoms with van der Waals surface area (Å²) in [5, 5.41) is 7.77. The van der Waals surface area contributed by atoms with Gasteiger partial charge in [-0.1, -0.05) is 0 Å².